The third-order valence-electron chi connectivity index (χ3n) is 2.54. The third-order valence-corrected chi connectivity index (χ3v) is 2.54. The molecule has 7 heteroatoms. The fourth-order valence-electron chi connectivity index (χ4n) is 1.71. The topological polar surface area (TPSA) is 96.7 Å². The van der Waals surface area contributed by atoms with Gasteiger partial charge in [0.1, 0.15) is 5.75 Å². The molecule has 0 saturated carbocycles. The number of ether oxygens (including phenoxy) is 1. The third kappa shape index (κ3) is 5.49. The average molecular weight is 319 g/mol. The van der Waals surface area contributed by atoms with Gasteiger partial charge >= 0.3 is 10.4 Å². The van der Waals surface area contributed by atoms with Crippen molar-refractivity contribution in [3.8, 4) is 11.6 Å². The molecule has 0 spiro atoms. The molecular formula is C15H13NO5S. The highest BCUT2D eigenvalue weighted by Crippen LogP contribution is 2.21. The van der Waals surface area contributed by atoms with Crippen LogP contribution in [0.25, 0.3) is 10.9 Å². The Morgan fingerprint density at radius 3 is 2.09 bits per heavy atom. The zero-order chi connectivity index (χ0) is 16.0. The molecule has 3 aromatic rings. The second-order valence-corrected chi connectivity index (χ2v) is 5.10. The van der Waals surface area contributed by atoms with Gasteiger partial charge < -0.3 is 4.74 Å². The summed E-state index contributed by atoms with van der Waals surface area (Å²) in [6, 6.07) is 21.6. The van der Waals surface area contributed by atoms with Crippen molar-refractivity contribution in [3.05, 3.63) is 66.7 Å². The summed E-state index contributed by atoms with van der Waals surface area (Å²) in [5, 5.41) is 1.12. The van der Waals surface area contributed by atoms with E-state index in [0.29, 0.717) is 5.88 Å². The second-order valence-electron chi connectivity index (χ2n) is 4.21. The first-order valence-electron chi connectivity index (χ1n) is 6.20. The number of fused-ring (bicyclic) bond motifs is 1. The Kier molecular flexibility index (Phi) is 5.05. The van der Waals surface area contributed by atoms with Crippen molar-refractivity contribution in [2.24, 2.45) is 0 Å². The molecule has 0 aliphatic carbocycles. The van der Waals surface area contributed by atoms with E-state index in [-0.39, 0.29) is 0 Å². The molecule has 0 aliphatic rings. The molecule has 6 nitrogen and oxygen atoms in total. The molecular weight excluding hydrogens is 306 g/mol. The molecule has 0 aliphatic heterocycles. The van der Waals surface area contributed by atoms with E-state index in [1.54, 1.807) is 0 Å². The number of nitrogens with zero attached hydrogens (tertiary/aromatic N) is 1. The van der Waals surface area contributed by atoms with Gasteiger partial charge in [0, 0.05) is 11.5 Å². The van der Waals surface area contributed by atoms with Crippen LogP contribution in [0.5, 0.6) is 11.6 Å². The number of aromatic nitrogens is 1. The van der Waals surface area contributed by atoms with E-state index >= 15 is 0 Å². The number of hydrogen-bond acceptors (Lipinski definition) is 4. The quantitative estimate of drug-likeness (QED) is 0.703. The van der Waals surface area contributed by atoms with Crippen LogP contribution in [0.4, 0.5) is 0 Å². The molecule has 114 valence electrons. The van der Waals surface area contributed by atoms with Gasteiger partial charge in [0.25, 0.3) is 0 Å². The average Bonchev–Trinajstić information content (AvgIpc) is 2.46. The zero-order valence-electron chi connectivity index (χ0n) is 11.3. The van der Waals surface area contributed by atoms with Crippen LogP contribution in [0.15, 0.2) is 66.7 Å². The second kappa shape index (κ2) is 6.99. The molecule has 1 heterocycles. The molecule has 1 aromatic heterocycles. The number of para-hydroxylation sites is 2. The Labute approximate surface area is 127 Å². The van der Waals surface area contributed by atoms with Crippen LogP contribution in [-0.4, -0.2) is 22.5 Å². The molecule has 0 saturated heterocycles. The maximum atomic E-state index is 8.74. The van der Waals surface area contributed by atoms with Crippen molar-refractivity contribution in [1.29, 1.82) is 0 Å². The maximum Gasteiger partial charge on any atom is 0.394 e. The van der Waals surface area contributed by atoms with Gasteiger partial charge in [0.2, 0.25) is 5.88 Å². The van der Waals surface area contributed by atoms with Gasteiger partial charge in [-0.05, 0) is 24.3 Å². The minimum absolute atomic E-state index is 0.620. The Balaban J connectivity index is 0.000000309. The zero-order valence-corrected chi connectivity index (χ0v) is 12.1. The van der Waals surface area contributed by atoms with Crippen LogP contribution < -0.4 is 4.74 Å². The van der Waals surface area contributed by atoms with Crippen LogP contribution in [0.1, 0.15) is 0 Å². The van der Waals surface area contributed by atoms with Crippen molar-refractivity contribution in [3.63, 3.8) is 0 Å². The van der Waals surface area contributed by atoms with Crippen LogP contribution >= 0.6 is 0 Å². The van der Waals surface area contributed by atoms with Crippen molar-refractivity contribution in [1.82, 2.24) is 4.98 Å². The predicted octanol–water partition coefficient (Wildman–Crippen LogP) is 3.37. The monoisotopic (exact) mass is 319 g/mol. The van der Waals surface area contributed by atoms with E-state index in [4.69, 9.17) is 22.3 Å². The Morgan fingerprint density at radius 1 is 0.818 bits per heavy atom. The molecule has 0 amide bonds. The fraction of sp³-hybridized carbons (Fsp3) is 0. The number of benzene rings is 2. The first kappa shape index (κ1) is 15.9. The first-order valence-corrected chi connectivity index (χ1v) is 7.60. The lowest BCUT2D eigenvalue weighted by molar-refractivity contribution is 0.381. The fourth-order valence-corrected chi connectivity index (χ4v) is 1.71. The number of pyridine rings is 1. The molecule has 22 heavy (non-hydrogen) atoms. The highest BCUT2D eigenvalue weighted by atomic mass is 32.3. The molecule has 2 aromatic carbocycles. The van der Waals surface area contributed by atoms with Gasteiger partial charge in [-0.3, -0.25) is 9.11 Å². The summed E-state index contributed by atoms with van der Waals surface area (Å²) in [6.07, 6.45) is 0. The highest BCUT2D eigenvalue weighted by Gasteiger charge is 1.99. The summed E-state index contributed by atoms with van der Waals surface area (Å²) < 4.78 is 37.3. The molecule has 0 bridgehead atoms. The summed E-state index contributed by atoms with van der Waals surface area (Å²) in [4.78, 5) is 4.45. The van der Waals surface area contributed by atoms with E-state index in [2.05, 4.69) is 4.98 Å². The number of hydrogen-bond donors (Lipinski definition) is 2. The van der Waals surface area contributed by atoms with E-state index in [1.807, 2.05) is 66.7 Å². The summed E-state index contributed by atoms with van der Waals surface area (Å²) in [5.41, 5.74) is 0.945. The minimum atomic E-state index is -4.67. The summed E-state index contributed by atoms with van der Waals surface area (Å²) in [5.74, 6) is 1.42. The molecule has 2 N–H and O–H groups in total. The van der Waals surface area contributed by atoms with E-state index in [1.165, 1.54) is 0 Å². The van der Waals surface area contributed by atoms with Crippen LogP contribution in [0.3, 0.4) is 0 Å². The van der Waals surface area contributed by atoms with Crippen LogP contribution in [0.2, 0.25) is 0 Å². The van der Waals surface area contributed by atoms with E-state index in [9.17, 15) is 0 Å². The van der Waals surface area contributed by atoms with E-state index in [0.717, 1.165) is 16.7 Å². The molecule has 0 radical (unpaired) electrons. The molecule has 0 fully saturated rings. The summed E-state index contributed by atoms with van der Waals surface area (Å²) >= 11 is 0. The Hall–Kier alpha value is -2.48. The first-order chi connectivity index (χ1) is 10.4. The largest absolute Gasteiger partial charge is 0.439 e. The summed E-state index contributed by atoms with van der Waals surface area (Å²) in [6.45, 7) is 0. The SMILES string of the molecule is O=S(=O)(O)O.c1ccc(Oc2ccc3ccccc3n2)cc1. The lowest BCUT2D eigenvalue weighted by Gasteiger charge is -2.05. The van der Waals surface area contributed by atoms with Crippen molar-refractivity contribution < 1.29 is 22.3 Å². The number of rotatable bonds is 2. The van der Waals surface area contributed by atoms with Gasteiger partial charge in [-0.25, -0.2) is 4.98 Å². The minimum Gasteiger partial charge on any atom is -0.439 e. The normalized spacial score (nSPS) is 10.6. The highest BCUT2D eigenvalue weighted by molar-refractivity contribution is 7.79. The standard InChI is InChI=1S/C15H11NO.H2O4S/c1-2-7-13(8-3-1)17-15-11-10-12-6-4-5-9-14(12)16-15;1-5(2,3)4/h1-11H;(H2,1,2,3,4). The van der Waals surface area contributed by atoms with Gasteiger partial charge in [0.05, 0.1) is 5.52 Å². The van der Waals surface area contributed by atoms with Gasteiger partial charge in [-0.2, -0.15) is 8.42 Å². The van der Waals surface area contributed by atoms with Gasteiger partial charge in [-0.15, -0.1) is 0 Å². The predicted molar refractivity (Wildman–Crippen MR) is 82.4 cm³/mol. The Bertz CT molecular complexity index is 842. The van der Waals surface area contributed by atoms with Gasteiger partial charge in [0.15, 0.2) is 0 Å². The lowest BCUT2D eigenvalue weighted by Crippen LogP contribution is -1.89. The van der Waals surface area contributed by atoms with Crippen molar-refractivity contribution in [2.75, 3.05) is 0 Å². The summed E-state index contributed by atoms with van der Waals surface area (Å²) in [7, 11) is -4.67. The van der Waals surface area contributed by atoms with Crippen molar-refractivity contribution in [2.45, 2.75) is 0 Å². The smallest absolute Gasteiger partial charge is 0.394 e. The molecule has 0 atom stereocenters. The van der Waals surface area contributed by atoms with Gasteiger partial charge in [-0.1, -0.05) is 36.4 Å². The van der Waals surface area contributed by atoms with Crippen LogP contribution in [-0.2, 0) is 10.4 Å². The maximum absolute atomic E-state index is 8.74. The Morgan fingerprint density at radius 2 is 1.41 bits per heavy atom. The van der Waals surface area contributed by atoms with Crippen LogP contribution in [0, 0.1) is 0 Å². The van der Waals surface area contributed by atoms with E-state index < -0.39 is 10.4 Å². The lowest BCUT2D eigenvalue weighted by atomic mass is 10.2. The molecule has 0 unspecified atom stereocenters. The molecule has 3 rings (SSSR count). The van der Waals surface area contributed by atoms with Crippen molar-refractivity contribution >= 4 is 21.3 Å².